The van der Waals surface area contributed by atoms with Gasteiger partial charge in [0.05, 0.1) is 12.8 Å². The van der Waals surface area contributed by atoms with Crippen molar-refractivity contribution in [1.29, 1.82) is 0 Å². The minimum absolute atomic E-state index is 0.453. The van der Waals surface area contributed by atoms with Crippen molar-refractivity contribution in [2.45, 2.75) is 51.0 Å². The first-order valence-electron chi connectivity index (χ1n) is 10.8. The van der Waals surface area contributed by atoms with Gasteiger partial charge in [0.25, 0.3) is 0 Å². The predicted octanol–water partition coefficient (Wildman–Crippen LogP) is 5.78. The largest absolute Gasteiger partial charge is 0.495 e. The van der Waals surface area contributed by atoms with Crippen LogP contribution in [0.2, 0.25) is 0 Å². The molecule has 3 heteroatoms. The van der Waals surface area contributed by atoms with Gasteiger partial charge in [-0.3, -0.25) is 0 Å². The molecule has 0 radical (unpaired) electrons. The third kappa shape index (κ3) is 3.77. The Morgan fingerprint density at radius 2 is 2.04 bits per heavy atom. The molecule has 4 rings (SSSR count). The minimum atomic E-state index is 0.453. The molecule has 1 aromatic carbocycles. The number of rotatable bonds is 3. The van der Waals surface area contributed by atoms with Crippen LogP contribution in [0.25, 0.3) is 0 Å². The maximum absolute atomic E-state index is 5.53. The molecule has 2 aliphatic carbocycles. The number of piperidine rings is 1. The second-order valence-electron chi connectivity index (χ2n) is 8.90. The number of nitrogens with one attached hydrogen (secondary N) is 1. The molecule has 3 nitrogen and oxygen atoms in total. The average Bonchev–Trinajstić information content (AvgIpc) is 2.72. The van der Waals surface area contributed by atoms with E-state index in [1.807, 2.05) is 18.2 Å². The van der Waals surface area contributed by atoms with Gasteiger partial charge in [0, 0.05) is 11.7 Å². The van der Waals surface area contributed by atoms with Crippen LogP contribution in [-0.4, -0.2) is 31.6 Å². The molecule has 2 bridgehead atoms. The number of ether oxygens (including phenoxy) is 1. The molecule has 1 saturated heterocycles. The Morgan fingerprint density at radius 1 is 1.18 bits per heavy atom. The van der Waals surface area contributed by atoms with E-state index in [0.717, 1.165) is 35.9 Å². The van der Waals surface area contributed by atoms with E-state index in [-0.39, 0.29) is 0 Å². The summed E-state index contributed by atoms with van der Waals surface area (Å²) in [5, 5.41) is 3.61. The van der Waals surface area contributed by atoms with Crippen LogP contribution in [0.15, 0.2) is 60.3 Å². The van der Waals surface area contributed by atoms with Crippen molar-refractivity contribution in [3.63, 3.8) is 0 Å². The highest BCUT2D eigenvalue weighted by Gasteiger charge is 2.47. The average molecular weight is 379 g/mol. The SMILES string of the molecule is C=C1/C=C\C(Nc2ccccc2OC)=C/C[C@@]23CCCC[C@H]2[C@@H](C1)N(C)CC3. The molecule has 3 aliphatic rings. The third-order valence-electron chi connectivity index (χ3n) is 7.30. The van der Waals surface area contributed by atoms with Crippen LogP contribution in [-0.2, 0) is 0 Å². The quantitative estimate of drug-likeness (QED) is 0.722. The summed E-state index contributed by atoms with van der Waals surface area (Å²) in [5.41, 5.74) is 3.85. The lowest BCUT2D eigenvalue weighted by Gasteiger charge is -2.55. The Balaban J connectivity index is 1.66. The van der Waals surface area contributed by atoms with Gasteiger partial charge in [0.1, 0.15) is 5.75 Å². The van der Waals surface area contributed by atoms with E-state index < -0.39 is 0 Å². The van der Waals surface area contributed by atoms with Crippen molar-refractivity contribution in [3.05, 3.63) is 60.3 Å². The second kappa shape index (κ2) is 8.16. The Kier molecular flexibility index (Phi) is 5.63. The number of allylic oxidation sites excluding steroid dienone is 3. The summed E-state index contributed by atoms with van der Waals surface area (Å²) >= 11 is 0. The van der Waals surface area contributed by atoms with Crippen molar-refractivity contribution in [2.24, 2.45) is 11.3 Å². The van der Waals surface area contributed by atoms with E-state index in [9.17, 15) is 0 Å². The van der Waals surface area contributed by atoms with Gasteiger partial charge < -0.3 is 15.0 Å². The van der Waals surface area contributed by atoms with Gasteiger partial charge in [-0.25, -0.2) is 0 Å². The Bertz CT molecular complexity index is 781. The monoisotopic (exact) mass is 378 g/mol. The highest BCUT2D eigenvalue weighted by atomic mass is 16.5. The zero-order valence-corrected chi connectivity index (χ0v) is 17.4. The van der Waals surface area contributed by atoms with Crippen molar-refractivity contribution in [1.82, 2.24) is 4.90 Å². The first-order valence-corrected chi connectivity index (χ1v) is 10.8. The van der Waals surface area contributed by atoms with Crippen LogP contribution in [0.3, 0.4) is 0 Å². The fourth-order valence-corrected chi connectivity index (χ4v) is 5.69. The van der Waals surface area contributed by atoms with E-state index >= 15 is 0 Å². The molecular weight excluding hydrogens is 344 g/mol. The van der Waals surface area contributed by atoms with Gasteiger partial charge in [-0.1, -0.05) is 49.3 Å². The number of methoxy groups -OCH3 is 1. The van der Waals surface area contributed by atoms with Crippen LogP contribution < -0.4 is 10.1 Å². The fraction of sp³-hybridized carbons (Fsp3) is 0.520. The lowest BCUT2D eigenvalue weighted by molar-refractivity contribution is -0.0349. The van der Waals surface area contributed by atoms with Gasteiger partial charge in [-0.15, -0.1) is 0 Å². The number of likely N-dealkylation sites (tertiary alicyclic amines) is 1. The van der Waals surface area contributed by atoms with Crippen molar-refractivity contribution < 1.29 is 4.74 Å². The van der Waals surface area contributed by atoms with E-state index in [2.05, 4.69) is 48.1 Å². The maximum Gasteiger partial charge on any atom is 0.142 e. The summed E-state index contributed by atoms with van der Waals surface area (Å²) in [6.45, 7) is 5.60. The standard InChI is InChI=1S/C25H34N2O/c1-19-11-12-20(26-22-9-4-5-10-24(22)28-3)13-15-25-14-7-6-8-21(25)23(18-19)27(2)17-16-25/h4-5,9-13,21,23,26H,1,6-8,14-18H2,2-3H3/b12-11-,20-13+/t21-,23+,25+/m0/s1. The molecule has 28 heavy (non-hydrogen) atoms. The fourth-order valence-electron chi connectivity index (χ4n) is 5.69. The zero-order chi connectivity index (χ0) is 19.6. The van der Waals surface area contributed by atoms with Crippen LogP contribution in [0.1, 0.15) is 44.9 Å². The summed E-state index contributed by atoms with van der Waals surface area (Å²) in [6.07, 6.45) is 15.9. The number of nitrogens with zero attached hydrogens (tertiary/aromatic N) is 1. The third-order valence-corrected chi connectivity index (χ3v) is 7.30. The summed E-state index contributed by atoms with van der Waals surface area (Å²) in [5.74, 6) is 1.66. The van der Waals surface area contributed by atoms with Crippen molar-refractivity contribution >= 4 is 5.69 Å². The highest BCUT2D eigenvalue weighted by molar-refractivity contribution is 5.60. The lowest BCUT2D eigenvalue weighted by atomic mass is 9.57. The first kappa shape index (κ1) is 19.3. The molecule has 1 aromatic rings. The molecular formula is C25H34N2O. The van der Waals surface area contributed by atoms with E-state index in [0.29, 0.717) is 11.5 Å². The summed E-state index contributed by atoms with van der Waals surface area (Å²) in [7, 11) is 4.04. The molecule has 2 fully saturated rings. The molecule has 1 heterocycles. The number of benzene rings is 1. The molecule has 1 saturated carbocycles. The number of hydrogen-bond acceptors (Lipinski definition) is 3. The second-order valence-corrected chi connectivity index (χ2v) is 8.90. The van der Waals surface area contributed by atoms with Crippen molar-refractivity contribution in [2.75, 3.05) is 26.0 Å². The first-order chi connectivity index (χ1) is 13.6. The molecule has 0 aromatic heterocycles. The molecule has 1 aliphatic heterocycles. The topological polar surface area (TPSA) is 24.5 Å². The van der Waals surface area contributed by atoms with Crippen molar-refractivity contribution in [3.8, 4) is 5.75 Å². The normalized spacial score (nSPS) is 33.9. The summed E-state index contributed by atoms with van der Waals surface area (Å²) in [4.78, 5) is 2.60. The van der Waals surface area contributed by atoms with Gasteiger partial charge in [-0.05, 0) is 75.2 Å². The number of hydrogen-bond donors (Lipinski definition) is 1. The predicted molar refractivity (Wildman–Crippen MR) is 118 cm³/mol. The molecule has 0 spiro atoms. The summed E-state index contributed by atoms with van der Waals surface area (Å²) < 4.78 is 5.53. The molecule has 3 atom stereocenters. The Hall–Kier alpha value is -2.00. The Labute approximate surface area is 170 Å². The maximum atomic E-state index is 5.53. The van der Waals surface area contributed by atoms with E-state index in [1.54, 1.807) is 7.11 Å². The lowest BCUT2D eigenvalue weighted by Crippen LogP contribution is -2.54. The van der Waals surface area contributed by atoms with E-state index in [1.165, 1.54) is 44.2 Å². The van der Waals surface area contributed by atoms with Crippen LogP contribution in [0.5, 0.6) is 5.75 Å². The zero-order valence-electron chi connectivity index (χ0n) is 17.4. The van der Waals surface area contributed by atoms with Crippen LogP contribution >= 0.6 is 0 Å². The van der Waals surface area contributed by atoms with Crippen LogP contribution in [0.4, 0.5) is 5.69 Å². The highest BCUT2D eigenvalue weighted by Crippen LogP contribution is 2.53. The number of para-hydroxylation sites is 2. The van der Waals surface area contributed by atoms with Gasteiger partial charge in [0.15, 0.2) is 0 Å². The minimum Gasteiger partial charge on any atom is -0.495 e. The smallest absolute Gasteiger partial charge is 0.142 e. The molecule has 0 amide bonds. The van der Waals surface area contributed by atoms with Gasteiger partial charge in [-0.2, -0.15) is 0 Å². The molecule has 150 valence electrons. The van der Waals surface area contributed by atoms with Crippen LogP contribution in [0, 0.1) is 11.3 Å². The van der Waals surface area contributed by atoms with Gasteiger partial charge >= 0.3 is 0 Å². The Morgan fingerprint density at radius 3 is 2.89 bits per heavy atom. The molecule has 1 N–H and O–H groups in total. The molecule has 0 unspecified atom stereocenters. The van der Waals surface area contributed by atoms with E-state index in [4.69, 9.17) is 4.74 Å². The van der Waals surface area contributed by atoms with Gasteiger partial charge in [0.2, 0.25) is 0 Å². The summed E-state index contributed by atoms with van der Waals surface area (Å²) in [6, 6.07) is 8.78. The number of anilines is 1.